The van der Waals surface area contributed by atoms with Crippen LogP contribution in [-0.4, -0.2) is 26.1 Å². The normalized spacial score (nSPS) is 13.2. The summed E-state index contributed by atoms with van der Waals surface area (Å²) in [6, 6.07) is 24.9. The van der Waals surface area contributed by atoms with E-state index in [4.69, 9.17) is 9.15 Å². The van der Waals surface area contributed by atoms with Gasteiger partial charge >= 0.3 is 0 Å². The molecule has 3 aromatic carbocycles. The summed E-state index contributed by atoms with van der Waals surface area (Å²) in [7, 11) is 0. The highest BCUT2D eigenvalue weighted by atomic mass is 16.5. The zero-order chi connectivity index (χ0) is 22.9. The van der Waals surface area contributed by atoms with Crippen LogP contribution in [0.4, 0.5) is 5.69 Å². The summed E-state index contributed by atoms with van der Waals surface area (Å²) in [5.74, 6) is 1.30. The van der Waals surface area contributed by atoms with Crippen molar-refractivity contribution in [1.29, 1.82) is 0 Å². The molecule has 1 saturated carbocycles. The lowest BCUT2D eigenvalue weighted by atomic mass is 10.1. The molecule has 1 aliphatic rings. The fraction of sp³-hybridized carbons (Fsp3) is 0.154. The van der Waals surface area contributed by atoms with E-state index in [0.717, 1.165) is 29.5 Å². The van der Waals surface area contributed by atoms with Gasteiger partial charge in [0.05, 0.1) is 6.04 Å². The van der Waals surface area contributed by atoms with Crippen molar-refractivity contribution in [3.05, 3.63) is 90.2 Å². The van der Waals surface area contributed by atoms with Crippen molar-refractivity contribution < 1.29 is 13.9 Å². The molecule has 8 nitrogen and oxygen atoms in total. The SMILES string of the molecule is O=C(Nc1cccc(-c2nnnn2C2CC2)c1)c1oc2ccccc2c1COc1ccccc1. The standard InChI is InChI=1S/C26H21N5O3/c32-26(27-18-8-6-7-17(15-18)25-28-29-30-31(25)19-13-14-19)24-22(16-33-20-9-2-1-3-10-20)21-11-4-5-12-23(21)34-24/h1-12,15,19H,13-14,16H2,(H,27,32). The van der Waals surface area contributed by atoms with Crippen LogP contribution in [0.1, 0.15) is 35.0 Å². The van der Waals surface area contributed by atoms with Gasteiger partial charge in [-0.25, -0.2) is 4.68 Å². The van der Waals surface area contributed by atoms with E-state index in [1.165, 1.54) is 0 Å². The number of para-hydroxylation sites is 2. The highest BCUT2D eigenvalue weighted by molar-refractivity contribution is 6.06. The Hall–Kier alpha value is -4.46. The molecule has 0 unspecified atom stereocenters. The van der Waals surface area contributed by atoms with Gasteiger partial charge in [-0.15, -0.1) is 5.10 Å². The average molecular weight is 451 g/mol. The molecular formula is C26H21N5O3. The van der Waals surface area contributed by atoms with Crippen LogP contribution in [0.2, 0.25) is 0 Å². The second kappa shape index (κ2) is 8.47. The van der Waals surface area contributed by atoms with Crippen LogP contribution in [0, 0.1) is 0 Å². The van der Waals surface area contributed by atoms with E-state index in [2.05, 4.69) is 20.8 Å². The third-order valence-electron chi connectivity index (χ3n) is 5.80. The van der Waals surface area contributed by atoms with Gasteiger partial charge in [-0.1, -0.05) is 48.5 Å². The zero-order valence-electron chi connectivity index (χ0n) is 18.2. The minimum atomic E-state index is -0.346. The number of hydrogen-bond acceptors (Lipinski definition) is 6. The number of furan rings is 1. The predicted molar refractivity (Wildman–Crippen MR) is 126 cm³/mol. The third kappa shape index (κ3) is 3.90. The molecule has 0 bridgehead atoms. The molecule has 2 heterocycles. The maximum Gasteiger partial charge on any atom is 0.291 e. The molecule has 0 saturated heterocycles. The molecule has 34 heavy (non-hydrogen) atoms. The first-order valence-electron chi connectivity index (χ1n) is 11.1. The summed E-state index contributed by atoms with van der Waals surface area (Å²) in [5, 5.41) is 15.9. The first-order valence-corrected chi connectivity index (χ1v) is 11.1. The Morgan fingerprint density at radius 3 is 2.71 bits per heavy atom. The molecule has 0 atom stereocenters. The Labute approximate surface area is 195 Å². The van der Waals surface area contributed by atoms with Crippen molar-refractivity contribution in [3.8, 4) is 17.1 Å². The van der Waals surface area contributed by atoms with Gasteiger partial charge in [-0.2, -0.15) is 0 Å². The Bertz CT molecular complexity index is 1470. The molecule has 168 valence electrons. The van der Waals surface area contributed by atoms with Gasteiger partial charge in [0.1, 0.15) is 17.9 Å². The molecular weight excluding hydrogens is 430 g/mol. The first-order chi connectivity index (χ1) is 16.8. The van der Waals surface area contributed by atoms with Crippen LogP contribution in [0.15, 0.2) is 83.3 Å². The molecule has 1 amide bonds. The van der Waals surface area contributed by atoms with E-state index in [-0.39, 0.29) is 18.3 Å². The average Bonchev–Trinajstić information content (AvgIpc) is 3.47. The monoisotopic (exact) mass is 451 g/mol. The van der Waals surface area contributed by atoms with Crippen LogP contribution >= 0.6 is 0 Å². The lowest BCUT2D eigenvalue weighted by molar-refractivity contribution is 0.0995. The number of rotatable bonds is 7. The maximum atomic E-state index is 13.3. The van der Waals surface area contributed by atoms with Crippen LogP contribution in [-0.2, 0) is 6.61 Å². The molecule has 0 spiro atoms. The first kappa shape index (κ1) is 20.2. The molecule has 2 aromatic heterocycles. The van der Waals surface area contributed by atoms with Crippen molar-refractivity contribution in [2.24, 2.45) is 0 Å². The highest BCUT2D eigenvalue weighted by Gasteiger charge is 2.28. The molecule has 1 N–H and O–H groups in total. The van der Waals surface area contributed by atoms with Crippen LogP contribution in [0.3, 0.4) is 0 Å². The number of carbonyl (C=O) groups is 1. The van der Waals surface area contributed by atoms with E-state index < -0.39 is 0 Å². The summed E-state index contributed by atoms with van der Waals surface area (Å²) < 4.78 is 13.7. The van der Waals surface area contributed by atoms with Crippen LogP contribution < -0.4 is 10.1 Å². The molecule has 8 heteroatoms. The highest BCUT2D eigenvalue weighted by Crippen LogP contribution is 2.37. The lowest BCUT2D eigenvalue weighted by Gasteiger charge is -2.09. The predicted octanol–water partition coefficient (Wildman–Crippen LogP) is 5.25. The Kier molecular flexibility index (Phi) is 5.03. The third-order valence-corrected chi connectivity index (χ3v) is 5.80. The molecule has 1 aliphatic carbocycles. The van der Waals surface area contributed by atoms with Gasteiger partial charge in [0.2, 0.25) is 0 Å². The topological polar surface area (TPSA) is 95.1 Å². The lowest BCUT2D eigenvalue weighted by Crippen LogP contribution is -2.14. The Morgan fingerprint density at radius 2 is 1.85 bits per heavy atom. The van der Waals surface area contributed by atoms with Gasteiger partial charge in [0, 0.05) is 22.2 Å². The number of nitrogens with zero attached hydrogens (tertiary/aromatic N) is 4. The summed E-state index contributed by atoms with van der Waals surface area (Å²) >= 11 is 0. The van der Waals surface area contributed by atoms with E-state index in [1.54, 1.807) is 0 Å². The van der Waals surface area contributed by atoms with Gasteiger partial charge in [0.25, 0.3) is 5.91 Å². The number of amides is 1. The Balaban J connectivity index is 1.28. The quantitative estimate of drug-likeness (QED) is 0.363. The van der Waals surface area contributed by atoms with Crippen molar-refractivity contribution in [2.45, 2.75) is 25.5 Å². The van der Waals surface area contributed by atoms with Gasteiger partial charge in [-0.3, -0.25) is 4.79 Å². The molecule has 0 radical (unpaired) electrons. The summed E-state index contributed by atoms with van der Waals surface area (Å²) in [4.78, 5) is 13.3. The van der Waals surface area contributed by atoms with E-state index in [1.807, 2.05) is 83.5 Å². The van der Waals surface area contributed by atoms with Gasteiger partial charge in [0.15, 0.2) is 11.6 Å². The maximum absolute atomic E-state index is 13.3. The number of anilines is 1. The van der Waals surface area contributed by atoms with Crippen molar-refractivity contribution >= 4 is 22.6 Å². The van der Waals surface area contributed by atoms with E-state index in [0.29, 0.717) is 28.7 Å². The fourth-order valence-corrected chi connectivity index (χ4v) is 3.97. The Morgan fingerprint density at radius 1 is 1.03 bits per heavy atom. The molecule has 6 rings (SSSR count). The summed E-state index contributed by atoms with van der Waals surface area (Å²) in [6.07, 6.45) is 2.16. The van der Waals surface area contributed by atoms with Crippen molar-refractivity contribution in [2.75, 3.05) is 5.32 Å². The molecule has 5 aromatic rings. The van der Waals surface area contributed by atoms with E-state index in [9.17, 15) is 4.79 Å². The number of benzene rings is 3. The number of fused-ring (bicyclic) bond motifs is 1. The van der Waals surface area contributed by atoms with Crippen LogP contribution in [0.25, 0.3) is 22.4 Å². The number of tetrazole rings is 1. The largest absolute Gasteiger partial charge is 0.489 e. The summed E-state index contributed by atoms with van der Waals surface area (Å²) in [6.45, 7) is 0.208. The van der Waals surface area contributed by atoms with Gasteiger partial charge < -0.3 is 14.5 Å². The number of carbonyl (C=O) groups excluding carboxylic acids is 1. The zero-order valence-corrected chi connectivity index (χ0v) is 18.2. The number of aromatic nitrogens is 4. The second-order valence-electron chi connectivity index (χ2n) is 8.22. The minimum Gasteiger partial charge on any atom is -0.489 e. The minimum absolute atomic E-state index is 0.208. The molecule has 0 aliphatic heterocycles. The van der Waals surface area contributed by atoms with E-state index >= 15 is 0 Å². The second-order valence-corrected chi connectivity index (χ2v) is 8.22. The number of ether oxygens (including phenoxy) is 1. The number of nitrogens with one attached hydrogen (secondary N) is 1. The van der Waals surface area contributed by atoms with Crippen molar-refractivity contribution in [1.82, 2.24) is 20.2 Å². The number of hydrogen-bond donors (Lipinski definition) is 1. The summed E-state index contributed by atoms with van der Waals surface area (Å²) in [5.41, 5.74) is 2.80. The van der Waals surface area contributed by atoms with Gasteiger partial charge in [-0.05, 0) is 53.6 Å². The fourth-order valence-electron chi connectivity index (χ4n) is 3.97. The molecule has 1 fully saturated rings. The van der Waals surface area contributed by atoms with Crippen molar-refractivity contribution in [3.63, 3.8) is 0 Å². The van der Waals surface area contributed by atoms with Crippen LogP contribution in [0.5, 0.6) is 5.75 Å². The smallest absolute Gasteiger partial charge is 0.291 e.